The first-order chi connectivity index (χ1) is 11.6. The van der Waals surface area contributed by atoms with Gasteiger partial charge in [-0.1, -0.05) is 18.2 Å². The van der Waals surface area contributed by atoms with Crippen molar-refractivity contribution in [3.8, 4) is 0 Å². The molecule has 0 unspecified atom stereocenters. The van der Waals surface area contributed by atoms with Gasteiger partial charge in [0.15, 0.2) is 0 Å². The van der Waals surface area contributed by atoms with Crippen molar-refractivity contribution in [1.82, 2.24) is 4.90 Å². The molecule has 0 bridgehead atoms. The van der Waals surface area contributed by atoms with Crippen LogP contribution in [0.3, 0.4) is 0 Å². The van der Waals surface area contributed by atoms with Gasteiger partial charge in [0.05, 0.1) is 12.1 Å². The van der Waals surface area contributed by atoms with E-state index < -0.39 is 5.97 Å². The van der Waals surface area contributed by atoms with Crippen LogP contribution in [0.2, 0.25) is 0 Å². The lowest BCUT2D eigenvalue weighted by atomic mass is 10.1. The lowest BCUT2D eigenvalue weighted by molar-refractivity contribution is 0.0697. The summed E-state index contributed by atoms with van der Waals surface area (Å²) >= 11 is 0. The van der Waals surface area contributed by atoms with Gasteiger partial charge < -0.3 is 10.0 Å². The van der Waals surface area contributed by atoms with Gasteiger partial charge in [0.2, 0.25) is 0 Å². The molecule has 0 saturated carbocycles. The molecule has 1 N–H and O–H groups in total. The predicted molar refractivity (Wildman–Crippen MR) is 87.6 cm³/mol. The molecule has 5 nitrogen and oxygen atoms in total. The average molecular weight is 328 g/mol. The summed E-state index contributed by atoms with van der Waals surface area (Å²) in [5, 5.41) is 8.95. The fourth-order valence-corrected chi connectivity index (χ4v) is 2.78. The molecule has 0 aromatic heterocycles. The van der Waals surface area contributed by atoms with E-state index in [-0.39, 0.29) is 24.0 Å². The second-order valence-corrected chi connectivity index (χ2v) is 5.65. The summed E-state index contributed by atoms with van der Waals surface area (Å²) < 4.78 is 13.8. The average Bonchev–Trinajstić information content (AvgIpc) is 2.59. The fourth-order valence-electron chi connectivity index (χ4n) is 2.78. The lowest BCUT2D eigenvalue weighted by Crippen LogP contribution is -2.49. The molecule has 2 aromatic rings. The van der Waals surface area contributed by atoms with Crippen molar-refractivity contribution in [3.05, 3.63) is 65.5 Å². The maximum Gasteiger partial charge on any atom is 0.335 e. The Bertz CT molecular complexity index is 761. The van der Waals surface area contributed by atoms with Crippen molar-refractivity contribution < 1.29 is 19.1 Å². The Kier molecular flexibility index (Phi) is 4.46. The van der Waals surface area contributed by atoms with E-state index in [1.54, 1.807) is 40.1 Å². The SMILES string of the molecule is O=C(O)c1ccc(N2CCCN(Cc3ccccc3F)C2=O)cc1. The number of carbonyl (C=O) groups is 2. The quantitative estimate of drug-likeness (QED) is 0.936. The largest absolute Gasteiger partial charge is 0.478 e. The summed E-state index contributed by atoms with van der Waals surface area (Å²) in [7, 11) is 0. The van der Waals surface area contributed by atoms with E-state index >= 15 is 0 Å². The molecular weight excluding hydrogens is 311 g/mol. The summed E-state index contributed by atoms with van der Waals surface area (Å²) in [4.78, 5) is 26.8. The minimum absolute atomic E-state index is 0.173. The van der Waals surface area contributed by atoms with E-state index in [9.17, 15) is 14.0 Å². The molecule has 3 rings (SSSR count). The third-order valence-electron chi connectivity index (χ3n) is 4.06. The number of aromatic carboxylic acids is 1. The number of nitrogens with zero attached hydrogens (tertiary/aromatic N) is 2. The van der Waals surface area contributed by atoms with Gasteiger partial charge in [-0.05, 0) is 36.8 Å². The van der Waals surface area contributed by atoms with Crippen LogP contribution in [0.15, 0.2) is 48.5 Å². The van der Waals surface area contributed by atoms with Gasteiger partial charge in [0.1, 0.15) is 5.82 Å². The van der Waals surface area contributed by atoms with Crippen LogP contribution in [0.5, 0.6) is 0 Å². The second-order valence-electron chi connectivity index (χ2n) is 5.65. The Hall–Kier alpha value is -2.89. The minimum Gasteiger partial charge on any atom is -0.478 e. The maximum absolute atomic E-state index is 13.8. The highest BCUT2D eigenvalue weighted by molar-refractivity contribution is 5.94. The number of hydrogen-bond donors (Lipinski definition) is 1. The van der Waals surface area contributed by atoms with Crippen molar-refractivity contribution in [2.24, 2.45) is 0 Å². The van der Waals surface area contributed by atoms with Gasteiger partial charge in [-0.15, -0.1) is 0 Å². The number of carboxylic acid groups (broad SMARTS) is 1. The van der Waals surface area contributed by atoms with E-state index in [0.29, 0.717) is 24.3 Å². The van der Waals surface area contributed by atoms with Gasteiger partial charge in [-0.25, -0.2) is 14.0 Å². The zero-order valence-electron chi connectivity index (χ0n) is 13.0. The topological polar surface area (TPSA) is 60.9 Å². The molecule has 1 aliphatic rings. The molecule has 2 amide bonds. The van der Waals surface area contributed by atoms with Crippen LogP contribution in [-0.2, 0) is 6.54 Å². The van der Waals surface area contributed by atoms with Crippen LogP contribution in [0, 0.1) is 5.82 Å². The number of urea groups is 1. The monoisotopic (exact) mass is 328 g/mol. The van der Waals surface area contributed by atoms with Crippen molar-refractivity contribution in [3.63, 3.8) is 0 Å². The lowest BCUT2D eigenvalue weighted by Gasteiger charge is -2.35. The summed E-state index contributed by atoms with van der Waals surface area (Å²) in [5.41, 5.74) is 1.29. The Morgan fingerprint density at radius 3 is 2.46 bits per heavy atom. The molecule has 0 radical (unpaired) electrons. The smallest absolute Gasteiger partial charge is 0.335 e. The summed E-state index contributed by atoms with van der Waals surface area (Å²) in [6.45, 7) is 1.34. The molecule has 1 aliphatic heterocycles. The van der Waals surface area contributed by atoms with Crippen LogP contribution >= 0.6 is 0 Å². The van der Waals surface area contributed by atoms with Crippen molar-refractivity contribution in [1.29, 1.82) is 0 Å². The number of carbonyl (C=O) groups excluding carboxylic acids is 1. The number of benzene rings is 2. The van der Waals surface area contributed by atoms with Gasteiger partial charge in [0.25, 0.3) is 0 Å². The van der Waals surface area contributed by atoms with E-state index in [4.69, 9.17) is 5.11 Å². The Balaban J connectivity index is 1.77. The van der Waals surface area contributed by atoms with Crippen molar-refractivity contribution in [2.75, 3.05) is 18.0 Å². The Labute approximate surface area is 138 Å². The summed E-state index contributed by atoms with van der Waals surface area (Å²) in [6, 6.07) is 12.4. The minimum atomic E-state index is -1.01. The molecule has 0 atom stereocenters. The molecule has 6 heteroatoms. The van der Waals surface area contributed by atoms with Crippen molar-refractivity contribution >= 4 is 17.7 Å². The summed E-state index contributed by atoms with van der Waals surface area (Å²) in [6.07, 6.45) is 0.765. The standard InChI is InChI=1S/C18H17FN2O3/c19-16-5-2-1-4-14(16)12-20-10-3-11-21(18(20)24)15-8-6-13(7-9-15)17(22)23/h1-2,4-9H,3,10-12H2,(H,22,23). The van der Waals surface area contributed by atoms with E-state index in [2.05, 4.69) is 0 Å². The molecular formula is C18H17FN2O3. The number of hydrogen-bond acceptors (Lipinski definition) is 2. The third kappa shape index (κ3) is 3.22. The summed E-state index contributed by atoms with van der Waals surface area (Å²) in [5.74, 6) is -1.33. The highest BCUT2D eigenvalue weighted by Crippen LogP contribution is 2.22. The molecule has 124 valence electrons. The fraction of sp³-hybridized carbons (Fsp3) is 0.222. The number of carboxylic acids is 1. The van der Waals surface area contributed by atoms with Crippen LogP contribution in [0.1, 0.15) is 22.3 Å². The van der Waals surface area contributed by atoms with Crippen molar-refractivity contribution in [2.45, 2.75) is 13.0 Å². The molecule has 24 heavy (non-hydrogen) atoms. The second kappa shape index (κ2) is 6.70. The highest BCUT2D eigenvalue weighted by atomic mass is 19.1. The van der Waals surface area contributed by atoms with Crippen LogP contribution in [0.25, 0.3) is 0 Å². The highest BCUT2D eigenvalue weighted by Gasteiger charge is 2.27. The number of amides is 2. The van der Waals surface area contributed by atoms with Gasteiger partial charge in [-0.2, -0.15) is 0 Å². The van der Waals surface area contributed by atoms with Gasteiger partial charge in [-0.3, -0.25) is 4.90 Å². The molecule has 1 fully saturated rings. The molecule has 1 heterocycles. The van der Waals surface area contributed by atoms with Crippen LogP contribution in [-0.4, -0.2) is 35.1 Å². The number of rotatable bonds is 4. The number of halogens is 1. The predicted octanol–water partition coefficient (Wildman–Crippen LogP) is 3.36. The van der Waals surface area contributed by atoms with E-state index in [1.165, 1.54) is 18.2 Å². The third-order valence-corrected chi connectivity index (χ3v) is 4.06. The first-order valence-corrected chi connectivity index (χ1v) is 7.69. The first kappa shape index (κ1) is 16.0. The molecule has 2 aromatic carbocycles. The van der Waals surface area contributed by atoms with E-state index in [0.717, 1.165) is 6.42 Å². The zero-order valence-corrected chi connectivity index (χ0v) is 13.0. The maximum atomic E-state index is 13.8. The normalized spacial score (nSPS) is 14.8. The Morgan fingerprint density at radius 2 is 1.79 bits per heavy atom. The van der Waals surface area contributed by atoms with Gasteiger partial charge in [0, 0.05) is 24.3 Å². The van der Waals surface area contributed by atoms with Crippen LogP contribution in [0.4, 0.5) is 14.9 Å². The molecule has 1 saturated heterocycles. The van der Waals surface area contributed by atoms with Crippen LogP contribution < -0.4 is 4.90 Å². The zero-order chi connectivity index (χ0) is 17.1. The molecule has 0 aliphatic carbocycles. The van der Waals surface area contributed by atoms with E-state index in [1.807, 2.05) is 0 Å². The first-order valence-electron chi connectivity index (χ1n) is 7.69. The van der Waals surface area contributed by atoms with Gasteiger partial charge >= 0.3 is 12.0 Å². The number of anilines is 1. The Morgan fingerprint density at radius 1 is 1.08 bits per heavy atom. The molecule has 0 spiro atoms.